The molecule has 0 heterocycles. The lowest BCUT2D eigenvalue weighted by atomic mass is 10.1. The van der Waals surface area contributed by atoms with Crippen molar-refractivity contribution >= 4 is 0 Å². The summed E-state index contributed by atoms with van der Waals surface area (Å²) in [4.78, 5) is 0. The third-order valence-corrected chi connectivity index (χ3v) is 2.06. The number of unbranched alkanes of at least 4 members (excludes halogenated alkanes) is 1. The van der Waals surface area contributed by atoms with E-state index in [1.807, 2.05) is 0 Å². The van der Waals surface area contributed by atoms with Crippen molar-refractivity contribution in [3.8, 4) is 0 Å². The van der Waals surface area contributed by atoms with Crippen LogP contribution in [0.15, 0.2) is 12.2 Å². The van der Waals surface area contributed by atoms with Gasteiger partial charge in [-0.3, -0.25) is 0 Å². The number of rotatable bonds is 6. The van der Waals surface area contributed by atoms with Crippen LogP contribution < -0.4 is 0 Å². The van der Waals surface area contributed by atoms with Gasteiger partial charge in [0.2, 0.25) is 0 Å². The summed E-state index contributed by atoms with van der Waals surface area (Å²) in [6.07, 6.45) is 8.48. The zero-order valence-corrected chi connectivity index (χ0v) is 11.3. The Bertz CT molecular complexity index is 174. The maximum absolute atomic E-state index is 5.84. The van der Waals surface area contributed by atoms with E-state index in [-0.39, 0.29) is 5.60 Å². The van der Waals surface area contributed by atoms with Gasteiger partial charge in [-0.25, -0.2) is 0 Å². The Balaban J connectivity index is 3.51. The van der Waals surface area contributed by atoms with Crippen LogP contribution in [0.1, 0.15) is 60.8 Å². The molecular weight excluding hydrogens is 184 g/mol. The average Bonchev–Trinajstić information content (AvgIpc) is 1.99. The number of ether oxygens (including phenoxy) is 1. The smallest absolute Gasteiger partial charge is 0.0602 e. The van der Waals surface area contributed by atoms with Crippen molar-refractivity contribution < 1.29 is 4.74 Å². The SMILES string of the molecule is CC(C)/C=C/CCC[C@@H](C)OC(C)(C)C. The van der Waals surface area contributed by atoms with E-state index in [0.29, 0.717) is 12.0 Å². The molecule has 0 bridgehead atoms. The van der Waals surface area contributed by atoms with Gasteiger partial charge in [0.25, 0.3) is 0 Å². The van der Waals surface area contributed by atoms with E-state index in [1.165, 1.54) is 12.8 Å². The number of allylic oxidation sites excluding steroid dienone is 2. The fourth-order valence-electron chi connectivity index (χ4n) is 1.55. The lowest BCUT2D eigenvalue weighted by molar-refractivity contribution is -0.0546. The van der Waals surface area contributed by atoms with Crippen LogP contribution in [-0.2, 0) is 4.74 Å². The Morgan fingerprint density at radius 1 is 1.13 bits per heavy atom. The minimum absolute atomic E-state index is 0.00676. The second-order valence-electron chi connectivity index (χ2n) is 5.64. The first kappa shape index (κ1) is 14.7. The van der Waals surface area contributed by atoms with Gasteiger partial charge in [-0.15, -0.1) is 0 Å². The molecule has 1 heteroatoms. The zero-order valence-electron chi connectivity index (χ0n) is 11.3. The monoisotopic (exact) mass is 212 g/mol. The summed E-state index contributed by atoms with van der Waals surface area (Å²) in [7, 11) is 0. The molecular formula is C14H28O. The maximum atomic E-state index is 5.84. The summed E-state index contributed by atoms with van der Waals surface area (Å²) in [6, 6.07) is 0. The molecule has 0 amide bonds. The molecule has 0 rings (SSSR count). The second-order valence-corrected chi connectivity index (χ2v) is 5.64. The highest BCUT2D eigenvalue weighted by atomic mass is 16.5. The molecule has 0 spiro atoms. The first-order valence-electron chi connectivity index (χ1n) is 6.16. The van der Waals surface area contributed by atoms with Gasteiger partial charge >= 0.3 is 0 Å². The van der Waals surface area contributed by atoms with E-state index in [2.05, 4.69) is 53.7 Å². The molecule has 0 radical (unpaired) electrons. The van der Waals surface area contributed by atoms with Crippen LogP contribution in [0.3, 0.4) is 0 Å². The van der Waals surface area contributed by atoms with Crippen LogP contribution in [0.2, 0.25) is 0 Å². The van der Waals surface area contributed by atoms with Crippen molar-refractivity contribution in [2.45, 2.75) is 72.5 Å². The topological polar surface area (TPSA) is 9.23 Å². The summed E-state index contributed by atoms with van der Waals surface area (Å²) < 4.78 is 5.84. The van der Waals surface area contributed by atoms with Gasteiger partial charge in [-0.2, -0.15) is 0 Å². The van der Waals surface area contributed by atoms with Crippen LogP contribution >= 0.6 is 0 Å². The molecule has 0 saturated carbocycles. The fraction of sp³-hybridized carbons (Fsp3) is 0.857. The van der Waals surface area contributed by atoms with Gasteiger partial charge in [0.1, 0.15) is 0 Å². The molecule has 0 aromatic carbocycles. The molecule has 90 valence electrons. The second kappa shape index (κ2) is 7.05. The highest BCUT2D eigenvalue weighted by Crippen LogP contribution is 2.14. The van der Waals surface area contributed by atoms with Gasteiger partial charge in [-0.05, 0) is 52.9 Å². The number of hydrogen-bond acceptors (Lipinski definition) is 1. The van der Waals surface area contributed by atoms with Crippen LogP contribution in [-0.4, -0.2) is 11.7 Å². The summed E-state index contributed by atoms with van der Waals surface area (Å²) in [5.41, 5.74) is -0.00676. The molecule has 0 aromatic rings. The van der Waals surface area contributed by atoms with Crippen molar-refractivity contribution in [1.82, 2.24) is 0 Å². The van der Waals surface area contributed by atoms with Crippen LogP contribution in [0, 0.1) is 5.92 Å². The molecule has 1 nitrogen and oxygen atoms in total. The molecule has 0 fully saturated rings. The van der Waals surface area contributed by atoms with Crippen molar-refractivity contribution in [3.63, 3.8) is 0 Å². The minimum Gasteiger partial charge on any atom is -0.373 e. The summed E-state index contributed by atoms with van der Waals surface area (Å²) in [6.45, 7) is 12.9. The van der Waals surface area contributed by atoms with Gasteiger partial charge in [0.05, 0.1) is 11.7 Å². The minimum atomic E-state index is -0.00676. The average molecular weight is 212 g/mol. The van der Waals surface area contributed by atoms with Gasteiger partial charge in [-0.1, -0.05) is 26.0 Å². The number of hydrogen-bond donors (Lipinski definition) is 0. The maximum Gasteiger partial charge on any atom is 0.0602 e. The van der Waals surface area contributed by atoms with Gasteiger partial charge < -0.3 is 4.74 Å². The van der Waals surface area contributed by atoms with E-state index < -0.39 is 0 Å². The molecule has 0 aliphatic carbocycles. The normalized spacial score (nSPS) is 15.1. The largest absolute Gasteiger partial charge is 0.373 e. The third kappa shape index (κ3) is 11.6. The van der Waals surface area contributed by atoms with Crippen LogP contribution in [0.25, 0.3) is 0 Å². The first-order chi connectivity index (χ1) is 6.81. The Kier molecular flexibility index (Phi) is 6.91. The summed E-state index contributed by atoms with van der Waals surface area (Å²) in [5.74, 6) is 0.674. The third-order valence-electron chi connectivity index (χ3n) is 2.06. The highest BCUT2D eigenvalue weighted by Gasteiger charge is 2.14. The Hall–Kier alpha value is -0.300. The van der Waals surface area contributed by atoms with Crippen molar-refractivity contribution in [2.24, 2.45) is 5.92 Å². The molecule has 0 saturated heterocycles. The Labute approximate surface area is 95.9 Å². The Morgan fingerprint density at radius 3 is 2.20 bits per heavy atom. The standard InChI is InChI=1S/C14H28O/c1-12(2)10-8-7-9-11-13(3)15-14(4,5)6/h8,10,12-13H,7,9,11H2,1-6H3/b10-8+/t13-/m1/s1. The highest BCUT2D eigenvalue weighted by molar-refractivity contribution is 4.84. The first-order valence-corrected chi connectivity index (χ1v) is 6.16. The molecule has 1 atom stereocenters. The fourth-order valence-corrected chi connectivity index (χ4v) is 1.55. The molecule has 0 aliphatic rings. The summed E-state index contributed by atoms with van der Waals surface area (Å²) >= 11 is 0. The van der Waals surface area contributed by atoms with Crippen molar-refractivity contribution in [2.75, 3.05) is 0 Å². The lowest BCUT2D eigenvalue weighted by Gasteiger charge is -2.24. The van der Waals surface area contributed by atoms with Crippen LogP contribution in [0.5, 0.6) is 0 Å². The molecule has 0 N–H and O–H groups in total. The van der Waals surface area contributed by atoms with E-state index in [9.17, 15) is 0 Å². The molecule has 0 aliphatic heterocycles. The predicted octanol–water partition coefficient (Wildman–Crippen LogP) is 4.57. The van der Waals surface area contributed by atoms with Crippen molar-refractivity contribution in [1.29, 1.82) is 0 Å². The van der Waals surface area contributed by atoms with Crippen LogP contribution in [0.4, 0.5) is 0 Å². The van der Waals surface area contributed by atoms with Gasteiger partial charge in [0, 0.05) is 0 Å². The van der Waals surface area contributed by atoms with E-state index in [0.717, 1.165) is 6.42 Å². The molecule has 15 heavy (non-hydrogen) atoms. The summed E-state index contributed by atoms with van der Waals surface area (Å²) in [5, 5.41) is 0. The molecule has 0 unspecified atom stereocenters. The van der Waals surface area contributed by atoms with Gasteiger partial charge in [0.15, 0.2) is 0 Å². The van der Waals surface area contributed by atoms with E-state index in [4.69, 9.17) is 4.74 Å². The van der Waals surface area contributed by atoms with E-state index in [1.54, 1.807) is 0 Å². The Morgan fingerprint density at radius 2 is 1.73 bits per heavy atom. The lowest BCUT2D eigenvalue weighted by Crippen LogP contribution is -2.25. The quantitative estimate of drug-likeness (QED) is 0.463. The molecule has 0 aromatic heterocycles. The zero-order chi connectivity index (χ0) is 11.9. The van der Waals surface area contributed by atoms with E-state index >= 15 is 0 Å². The predicted molar refractivity (Wildman–Crippen MR) is 68.1 cm³/mol. The van der Waals surface area contributed by atoms with Crippen molar-refractivity contribution in [3.05, 3.63) is 12.2 Å².